The minimum Gasteiger partial charge on any atom is -0.481 e. The van der Waals surface area contributed by atoms with Gasteiger partial charge >= 0.3 is 0 Å². The first-order chi connectivity index (χ1) is 11.8. The number of hydrogen-bond donors (Lipinski definition) is 2. The number of anilines is 2. The standard InChI is InChI=1S/C16H19N7O/c1-24-14-8-13(18-9-19-14)22-11-3-6-23(7-4-11)16-12-2-5-17-15(12)20-10-21-16/h2,5,8-11H,3-4,6-7H2,1H3,(H,17,20,21)(H,18,19,22). The highest BCUT2D eigenvalue weighted by Crippen LogP contribution is 2.26. The maximum absolute atomic E-state index is 5.14. The van der Waals surface area contributed by atoms with Crippen molar-refractivity contribution in [2.75, 3.05) is 30.4 Å². The van der Waals surface area contributed by atoms with Crippen LogP contribution in [0.15, 0.2) is 31.0 Å². The van der Waals surface area contributed by atoms with Crippen LogP contribution < -0.4 is 15.0 Å². The van der Waals surface area contributed by atoms with Crippen molar-refractivity contribution in [1.82, 2.24) is 24.9 Å². The van der Waals surface area contributed by atoms with Crippen molar-refractivity contribution in [3.05, 3.63) is 31.0 Å². The molecule has 0 radical (unpaired) electrons. The number of hydrogen-bond acceptors (Lipinski definition) is 7. The van der Waals surface area contributed by atoms with Gasteiger partial charge in [0, 0.05) is 31.4 Å². The Morgan fingerprint density at radius 2 is 2.00 bits per heavy atom. The van der Waals surface area contributed by atoms with Gasteiger partial charge in [-0.2, -0.15) is 0 Å². The molecule has 0 spiro atoms. The molecule has 24 heavy (non-hydrogen) atoms. The largest absolute Gasteiger partial charge is 0.481 e. The first-order valence-corrected chi connectivity index (χ1v) is 7.99. The molecule has 124 valence electrons. The fourth-order valence-electron chi connectivity index (χ4n) is 3.09. The third kappa shape index (κ3) is 2.82. The number of fused-ring (bicyclic) bond motifs is 1. The third-order valence-corrected chi connectivity index (χ3v) is 4.33. The van der Waals surface area contributed by atoms with Crippen molar-refractivity contribution in [3.63, 3.8) is 0 Å². The molecule has 4 rings (SSSR count). The molecule has 3 aromatic rings. The normalized spacial score (nSPS) is 15.6. The van der Waals surface area contributed by atoms with Crippen LogP contribution in [0.1, 0.15) is 12.8 Å². The molecule has 8 heteroatoms. The Kier molecular flexibility index (Phi) is 3.86. The lowest BCUT2D eigenvalue weighted by atomic mass is 10.0. The molecular weight excluding hydrogens is 306 g/mol. The summed E-state index contributed by atoms with van der Waals surface area (Å²) in [5.41, 5.74) is 0.883. The molecule has 3 aromatic heterocycles. The van der Waals surface area contributed by atoms with Crippen LogP contribution in [0.25, 0.3) is 11.0 Å². The highest BCUT2D eigenvalue weighted by Gasteiger charge is 2.22. The van der Waals surface area contributed by atoms with Gasteiger partial charge in [-0.05, 0) is 18.9 Å². The highest BCUT2D eigenvalue weighted by molar-refractivity contribution is 5.87. The molecule has 0 aliphatic carbocycles. The van der Waals surface area contributed by atoms with Crippen LogP contribution >= 0.6 is 0 Å². The molecule has 0 atom stereocenters. The second-order valence-electron chi connectivity index (χ2n) is 5.79. The molecule has 2 N–H and O–H groups in total. The molecule has 0 aromatic carbocycles. The number of aromatic nitrogens is 5. The number of rotatable bonds is 4. The Balaban J connectivity index is 1.42. The Hall–Kier alpha value is -2.90. The quantitative estimate of drug-likeness (QED) is 0.756. The Bertz CT molecular complexity index is 826. The summed E-state index contributed by atoms with van der Waals surface area (Å²) in [6.45, 7) is 1.88. The van der Waals surface area contributed by atoms with Crippen LogP contribution in [0.4, 0.5) is 11.6 Å². The van der Waals surface area contributed by atoms with E-state index in [4.69, 9.17) is 4.74 Å². The lowest BCUT2D eigenvalue weighted by Crippen LogP contribution is -2.39. The Morgan fingerprint density at radius 1 is 1.17 bits per heavy atom. The number of ether oxygens (including phenoxy) is 1. The van der Waals surface area contributed by atoms with Crippen molar-refractivity contribution >= 4 is 22.7 Å². The van der Waals surface area contributed by atoms with E-state index in [1.54, 1.807) is 13.4 Å². The highest BCUT2D eigenvalue weighted by atomic mass is 16.5. The number of aromatic amines is 1. The van der Waals surface area contributed by atoms with Gasteiger partial charge in [0.05, 0.1) is 12.5 Å². The average Bonchev–Trinajstić information content (AvgIpc) is 3.11. The van der Waals surface area contributed by atoms with Crippen LogP contribution in [-0.4, -0.2) is 51.2 Å². The monoisotopic (exact) mass is 325 g/mol. The average molecular weight is 325 g/mol. The lowest BCUT2D eigenvalue weighted by Gasteiger charge is -2.33. The van der Waals surface area contributed by atoms with Gasteiger partial charge < -0.3 is 19.9 Å². The second-order valence-corrected chi connectivity index (χ2v) is 5.79. The molecule has 0 bridgehead atoms. The summed E-state index contributed by atoms with van der Waals surface area (Å²) in [7, 11) is 1.61. The smallest absolute Gasteiger partial charge is 0.218 e. The van der Waals surface area contributed by atoms with Crippen LogP contribution in [0.2, 0.25) is 0 Å². The summed E-state index contributed by atoms with van der Waals surface area (Å²) in [6.07, 6.45) is 7.07. The molecule has 1 saturated heterocycles. The van der Waals surface area contributed by atoms with E-state index in [0.717, 1.165) is 48.6 Å². The molecule has 0 amide bonds. The van der Waals surface area contributed by atoms with Crippen LogP contribution in [-0.2, 0) is 0 Å². The maximum Gasteiger partial charge on any atom is 0.218 e. The number of nitrogens with zero attached hydrogens (tertiary/aromatic N) is 5. The van der Waals surface area contributed by atoms with Crippen molar-refractivity contribution in [3.8, 4) is 5.88 Å². The van der Waals surface area contributed by atoms with Gasteiger partial charge in [-0.3, -0.25) is 0 Å². The van der Waals surface area contributed by atoms with Crippen molar-refractivity contribution in [2.45, 2.75) is 18.9 Å². The van der Waals surface area contributed by atoms with Crippen molar-refractivity contribution < 1.29 is 4.74 Å². The van der Waals surface area contributed by atoms with Gasteiger partial charge in [0.15, 0.2) is 0 Å². The minimum absolute atomic E-state index is 0.379. The van der Waals surface area contributed by atoms with E-state index in [9.17, 15) is 0 Å². The second kappa shape index (κ2) is 6.31. The molecule has 1 fully saturated rings. The van der Waals surface area contributed by atoms with Gasteiger partial charge in [0.2, 0.25) is 5.88 Å². The minimum atomic E-state index is 0.379. The molecule has 4 heterocycles. The zero-order valence-corrected chi connectivity index (χ0v) is 13.4. The van der Waals surface area contributed by atoms with Crippen LogP contribution in [0.3, 0.4) is 0 Å². The molecular formula is C16H19N7O. The van der Waals surface area contributed by atoms with Gasteiger partial charge in [0.1, 0.15) is 29.9 Å². The topological polar surface area (TPSA) is 91.8 Å². The van der Waals surface area contributed by atoms with E-state index >= 15 is 0 Å². The first kappa shape index (κ1) is 14.7. The molecule has 0 saturated carbocycles. The third-order valence-electron chi connectivity index (χ3n) is 4.33. The van der Waals surface area contributed by atoms with Crippen LogP contribution in [0.5, 0.6) is 5.88 Å². The van der Waals surface area contributed by atoms with E-state index in [2.05, 4.69) is 35.1 Å². The van der Waals surface area contributed by atoms with Gasteiger partial charge in [-0.15, -0.1) is 0 Å². The predicted octanol–water partition coefficient (Wildman–Crippen LogP) is 1.84. The van der Waals surface area contributed by atoms with E-state index < -0.39 is 0 Å². The van der Waals surface area contributed by atoms with Gasteiger partial charge in [-0.1, -0.05) is 0 Å². The maximum atomic E-state index is 5.14. The zero-order valence-electron chi connectivity index (χ0n) is 13.4. The summed E-state index contributed by atoms with van der Waals surface area (Å²) < 4.78 is 5.14. The summed E-state index contributed by atoms with van der Waals surface area (Å²) in [6, 6.07) is 4.23. The predicted molar refractivity (Wildman–Crippen MR) is 91.3 cm³/mol. The molecule has 1 aliphatic heterocycles. The fourth-order valence-corrected chi connectivity index (χ4v) is 3.09. The Labute approximate surface area is 139 Å². The van der Waals surface area contributed by atoms with E-state index in [1.165, 1.54) is 6.33 Å². The van der Waals surface area contributed by atoms with E-state index in [0.29, 0.717) is 11.9 Å². The zero-order chi connectivity index (χ0) is 16.4. The first-order valence-electron chi connectivity index (χ1n) is 7.99. The number of piperidine rings is 1. The summed E-state index contributed by atoms with van der Waals surface area (Å²) in [5, 5.41) is 4.54. The summed E-state index contributed by atoms with van der Waals surface area (Å²) >= 11 is 0. The fraction of sp³-hybridized carbons (Fsp3) is 0.375. The van der Waals surface area contributed by atoms with Crippen molar-refractivity contribution in [2.24, 2.45) is 0 Å². The van der Waals surface area contributed by atoms with Gasteiger partial charge in [0.25, 0.3) is 0 Å². The number of H-pyrrole nitrogens is 1. The number of nitrogens with one attached hydrogen (secondary N) is 2. The summed E-state index contributed by atoms with van der Waals surface area (Å²) in [4.78, 5) is 22.5. The molecule has 0 unspecified atom stereocenters. The Morgan fingerprint density at radius 3 is 2.83 bits per heavy atom. The SMILES string of the molecule is COc1cc(NC2CCN(c3ncnc4[nH]ccc34)CC2)ncn1. The molecule has 8 nitrogen and oxygen atoms in total. The number of methoxy groups -OCH3 is 1. The lowest BCUT2D eigenvalue weighted by molar-refractivity contribution is 0.397. The van der Waals surface area contributed by atoms with Crippen molar-refractivity contribution in [1.29, 1.82) is 0 Å². The summed E-state index contributed by atoms with van der Waals surface area (Å²) in [5.74, 6) is 2.37. The molecule has 1 aliphatic rings. The van der Waals surface area contributed by atoms with Crippen LogP contribution in [0, 0.1) is 0 Å². The van der Waals surface area contributed by atoms with E-state index in [-0.39, 0.29) is 0 Å². The van der Waals surface area contributed by atoms with Gasteiger partial charge in [-0.25, -0.2) is 19.9 Å². The van der Waals surface area contributed by atoms with E-state index in [1.807, 2.05) is 18.3 Å².